The van der Waals surface area contributed by atoms with E-state index in [2.05, 4.69) is 20.5 Å². The molecule has 0 spiro atoms. The van der Waals surface area contributed by atoms with Crippen molar-refractivity contribution in [1.29, 1.82) is 0 Å². The molecule has 3 aromatic heterocycles. The second-order valence-electron chi connectivity index (χ2n) is 6.22. The molecule has 0 saturated heterocycles. The van der Waals surface area contributed by atoms with E-state index < -0.39 is 12.0 Å². The third-order valence-electron chi connectivity index (χ3n) is 4.35. The van der Waals surface area contributed by atoms with Crippen molar-refractivity contribution in [3.8, 4) is 0 Å². The van der Waals surface area contributed by atoms with Gasteiger partial charge < -0.3 is 15.4 Å². The predicted octanol–water partition coefficient (Wildman–Crippen LogP) is 2.11. The molecule has 3 N–H and O–H groups in total. The fraction of sp³-hybridized carbons (Fsp3) is 0.158. The number of carbonyl (C=O) groups excluding carboxylic acids is 1. The van der Waals surface area contributed by atoms with Gasteiger partial charge in [0.1, 0.15) is 6.04 Å². The summed E-state index contributed by atoms with van der Waals surface area (Å²) in [7, 11) is 0. The SMILES string of the molecule is O=C(CSc1nnc2ccccn12)N[C@@H](Cc1c[nH]c2ccccc12)C(=O)O. The largest absolute Gasteiger partial charge is 0.480 e. The first kappa shape index (κ1) is 18.1. The van der Waals surface area contributed by atoms with E-state index in [1.165, 1.54) is 11.8 Å². The van der Waals surface area contributed by atoms with Gasteiger partial charge in [0.25, 0.3) is 0 Å². The Morgan fingerprint density at radius 3 is 2.86 bits per heavy atom. The number of carboxylic acid groups (broad SMARTS) is 1. The number of nitrogens with one attached hydrogen (secondary N) is 2. The minimum atomic E-state index is -1.07. The molecule has 142 valence electrons. The van der Waals surface area contributed by atoms with Crippen molar-refractivity contribution in [2.75, 3.05) is 5.75 Å². The van der Waals surface area contributed by atoms with Crippen LogP contribution in [0, 0.1) is 0 Å². The van der Waals surface area contributed by atoms with Crippen LogP contribution in [0.25, 0.3) is 16.6 Å². The summed E-state index contributed by atoms with van der Waals surface area (Å²) in [6.45, 7) is 0. The summed E-state index contributed by atoms with van der Waals surface area (Å²) < 4.78 is 1.78. The molecule has 4 rings (SSSR count). The lowest BCUT2D eigenvalue weighted by Gasteiger charge is -2.14. The zero-order chi connectivity index (χ0) is 19.5. The van der Waals surface area contributed by atoms with E-state index in [1.54, 1.807) is 10.6 Å². The molecule has 4 aromatic rings. The highest BCUT2D eigenvalue weighted by Crippen LogP contribution is 2.20. The van der Waals surface area contributed by atoms with Crippen molar-refractivity contribution >= 4 is 40.2 Å². The molecule has 1 atom stereocenters. The minimum Gasteiger partial charge on any atom is -0.480 e. The molecule has 0 radical (unpaired) electrons. The molecule has 8 nitrogen and oxygen atoms in total. The number of rotatable bonds is 7. The van der Waals surface area contributed by atoms with Crippen LogP contribution in [-0.4, -0.2) is 48.4 Å². The fourth-order valence-corrected chi connectivity index (χ4v) is 3.74. The number of thioether (sulfide) groups is 1. The molecule has 0 aliphatic rings. The number of H-pyrrole nitrogens is 1. The number of aromatic amines is 1. The first-order valence-electron chi connectivity index (χ1n) is 8.61. The average Bonchev–Trinajstić information content (AvgIpc) is 3.30. The van der Waals surface area contributed by atoms with Crippen molar-refractivity contribution in [1.82, 2.24) is 24.9 Å². The second kappa shape index (κ2) is 7.73. The number of aromatic nitrogens is 4. The number of pyridine rings is 1. The maximum atomic E-state index is 12.3. The monoisotopic (exact) mass is 395 g/mol. The van der Waals surface area contributed by atoms with Crippen LogP contribution in [0.5, 0.6) is 0 Å². The third kappa shape index (κ3) is 3.70. The molecule has 0 aliphatic carbocycles. The van der Waals surface area contributed by atoms with Crippen LogP contribution in [0.2, 0.25) is 0 Å². The molecule has 0 bridgehead atoms. The van der Waals surface area contributed by atoms with Gasteiger partial charge in [-0.15, -0.1) is 10.2 Å². The van der Waals surface area contributed by atoms with Crippen LogP contribution in [0.4, 0.5) is 0 Å². The van der Waals surface area contributed by atoms with Gasteiger partial charge in [-0.3, -0.25) is 9.20 Å². The van der Waals surface area contributed by atoms with E-state index in [9.17, 15) is 14.7 Å². The van der Waals surface area contributed by atoms with E-state index in [-0.39, 0.29) is 18.1 Å². The molecule has 1 aromatic carbocycles. The zero-order valence-electron chi connectivity index (χ0n) is 14.7. The van der Waals surface area contributed by atoms with Gasteiger partial charge in [0.2, 0.25) is 5.91 Å². The number of carbonyl (C=O) groups is 2. The van der Waals surface area contributed by atoms with Gasteiger partial charge >= 0.3 is 5.97 Å². The lowest BCUT2D eigenvalue weighted by Crippen LogP contribution is -2.43. The number of amides is 1. The van der Waals surface area contributed by atoms with Crippen molar-refractivity contribution in [3.63, 3.8) is 0 Å². The Bertz CT molecular complexity index is 1150. The summed E-state index contributed by atoms with van der Waals surface area (Å²) in [4.78, 5) is 27.1. The molecular weight excluding hydrogens is 378 g/mol. The summed E-state index contributed by atoms with van der Waals surface area (Å²) in [5, 5.41) is 21.7. The predicted molar refractivity (Wildman–Crippen MR) is 105 cm³/mol. The number of benzene rings is 1. The number of fused-ring (bicyclic) bond motifs is 2. The molecule has 0 saturated carbocycles. The molecule has 0 unspecified atom stereocenters. The first-order chi connectivity index (χ1) is 13.6. The van der Waals surface area contributed by atoms with Crippen molar-refractivity contribution in [2.45, 2.75) is 17.6 Å². The Hall–Kier alpha value is -3.33. The summed E-state index contributed by atoms with van der Waals surface area (Å²) in [5.74, 6) is -1.39. The Morgan fingerprint density at radius 2 is 2.00 bits per heavy atom. The van der Waals surface area contributed by atoms with Gasteiger partial charge in [0.15, 0.2) is 10.8 Å². The second-order valence-corrected chi connectivity index (χ2v) is 7.16. The van der Waals surface area contributed by atoms with Crippen LogP contribution in [-0.2, 0) is 16.0 Å². The van der Waals surface area contributed by atoms with Crippen LogP contribution in [0.15, 0.2) is 60.0 Å². The molecule has 3 heterocycles. The van der Waals surface area contributed by atoms with Crippen LogP contribution in [0.1, 0.15) is 5.56 Å². The topological polar surface area (TPSA) is 112 Å². The van der Waals surface area contributed by atoms with Crippen molar-refractivity contribution in [3.05, 3.63) is 60.4 Å². The van der Waals surface area contributed by atoms with Crippen LogP contribution < -0.4 is 5.32 Å². The normalized spacial score (nSPS) is 12.3. The number of nitrogens with zero attached hydrogens (tertiary/aromatic N) is 3. The van der Waals surface area contributed by atoms with Gasteiger partial charge in [-0.1, -0.05) is 36.0 Å². The van der Waals surface area contributed by atoms with Crippen molar-refractivity contribution < 1.29 is 14.7 Å². The van der Waals surface area contributed by atoms with Gasteiger partial charge in [-0.05, 0) is 23.8 Å². The quantitative estimate of drug-likeness (QED) is 0.413. The Labute approximate surface area is 164 Å². The van der Waals surface area contributed by atoms with Crippen LogP contribution in [0.3, 0.4) is 0 Å². The highest BCUT2D eigenvalue weighted by Gasteiger charge is 2.22. The smallest absolute Gasteiger partial charge is 0.326 e. The molecule has 0 fully saturated rings. The standard InChI is InChI=1S/C19H17N5O3S/c25-17(11-28-19-23-22-16-7-3-4-8-24(16)19)21-15(18(26)27)9-12-10-20-14-6-2-1-5-13(12)14/h1-8,10,15,20H,9,11H2,(H,21,25)(H,26,27)/t15-/m0/s1. The van der Waals surface area contributed by atoms with E-state index in [1.807, 2.05) is 48.7 Å². The van der Waals surface area contributed by atoms with E-state index in [0.29, 0.717) is 10.8 Å². The lowest BCUT2D eigenvalue weighted by molar-refractivity contribution is -0.141. The molecule has 9 heteroatoms. The average molecular weight is 395 g/mol. The maximum Gasteiger partial charge on any atom is 0.326 e. The first-order valence-corrected chi connectivity index (χ1v) is 9.60. The highest BCUT2D eigenvalue weighted by atomic mass is 32.2. The summed E-state index contributed by atoms with van der Waals surface area (Å²) in [6.07, 6.45) is 3.79. The van der Waals surface area contributed by atoms with Gasteiger partial charge in [0, 0.05) is 29.7 Å². The Morgan fingerprint density at radius 1 is 1.18 bits per heavy atom. The fourth-order valence-electron chi connectivity index (χ4n) is 3.00. The molecule has 1 amide bonds. The van der Waals surface area contributed by atoms with E-state index >= 15 is 0 Å². The number of hydrogen-bond donors (Lipinski definition) is 3. The number of para-hydroxylation sites is 1. The Kier molecular flexibility index (Phi) is 4.98. The molecule has 0 aliphatic heterocycles. The summed E-state index contributed by atoms with van der Waals surface area (Å²) in [6, 6.07) is 12.2. The molecule has 28 heavy (non-hydrogen) atoms. The van der Waals surface area contributed by atoms with Gasteiger partial charge in [-0.25, -0.2) is 4.79 Å². The number of hydrogen-bond acceptors (Lipinski definition) is 5. The zero-order valence-corrected chi connectivity index (χ0v) is 15.5. The summed E-state index contributed by atoms with van der Waals surface area (Å²) >= 11 is 1.21. The van der Waals surface area contributed by atoms with Crippen LogP contribution >= 0.6 is 11.8 Å². The van der Waals surface area contributed by atoms with E-state index in [0.717, 1.165) is 16.5 Å². The maximum absolute atomic E-state index is 12.3. The highest BCUT2D eigenvalue weighted by molar-refractivity contribution is 7.99. The molecular formula is C19H17N5O3S. The van der Waals surface area contributed by atoms with Gasteiger partial charge in [-0.2, -0.15) is 0 Å². The minimum absolute atomic E-state index is 0.0490. The van der Waals surface area contributed by atoms with Gasteiger partial charge in [0.05, 0.1) is 5.75 Å². The lowest BCUT2D eigenvalue weighted by atomic mass is 10.1. The third-order valence-corrected chi connectivity index (χ3v) is 5.29. The van der Waals surface area contributed by atoms with E-state index in [4.69, 9.17) is 0 Å². The number of carboxylic acids is 1. The number of aliphatic carboxylic acids is 1. The summed E-state index contributed by atoms with van der Waals surface area (Å²) in [5.41, 5.74) is 2.47. The van der Waals surface area contributed by atoms with Crippen molar-refractivity contribution in [2.24, 2.45) is 0 Å². The Balaban J connectivity index is 1.41.